The van der Waals surface area contributed by atoms with Gasteiger partial charge < -0.3 is 14.6 Å². The van der Waals surface area contributed by atoms with Crippen LogP contribution in [0.4, 0.5) is 0 Å². The van der Waals surface area contributed by atoms with Crippen LogP contribution in [0.2, 0.25) is 5.02 Å². The number of hydrogen-bond donors (Lipinski definition) is 1. The predicted octanol–water partition coefficient (Wildman–Crippen LogP) is 4.54. The van der Waals surface area contributed by atoms with Crippen LogP contribution in [0, 0.1) is 6.92 Å². The maximum Gasteiger partial charge on any atom is 0.219 e. The number of fused-ring (bicyclic) bond motifs is 1. The van der Waals surface area contributed by atoms with Gasteiger partial charge in [-0.1, -0.05) is 30.7 Å². The fourth-order valence-electron chi connectivity index (χ4n) is 3.12. The Bertz CT molecular complexity index is 952. The number of rotatable bonds is 9. The third-order valence-electron chi connectivity index (χ3n) is 4.65. The second-order valence-electron chi connectivity index (χ2n) is 6.73. The Morgan fingerprint density at radius 2 is 2.07 bits per heavy atom. The summed E-state index contributed by atoms with van der Waals surface area (Å²) in [6.45, 7) is 5.84. The van der Waals surface area contributed by atoms with Crippen LogP contribution >= 0.6 is 11.6 Å². The number of aromatic nitrogens is 2. The largest absolute Gasteiger partial charge is 0.494 e. The molecule has 0 saturated heterocycles. The molecule has 0 radical (unpaired) electrons. The summed E-state index contributed by atoms with van der Waals surface area (Å²) in [5.74, 6) is 1.88. The zero-order valence-electron chi connectivity index (χ0n) is 16.4. The maximum atomic E-state index is 11.5. The highest BCUT2D eigenvalue weighted by Crippen LogP contribution is 2.21. The smallest absolute Gasteiger partial charge is 0.219 e. The fraction of sp³-hybridized carbons (Fsp3) is 0.364. The number of imidazole rings is 1. The van der Waals surface area contributed by atoms with Gasteiger partial charge in [0.1, 0.15) is 11.6 Å². The van der Waals surface area contributed by atoms with E-state index in [0.29, 0.717) is 26.0 Å². The summed E-state index contributed by atoms with van der Waals surface area (Å²) in [4.78, 5) is 16.2. The summed E-state index contributed by atoms with van der Waals surface area (Å²) in [7, 11) is 0. The minimum Gasteiger partial charge on any atom is -0.494 e. The van der Waals surface area contributed by atoms with Crippen LogP contribution in [0.3, 0.4) is 0 Å². The Labute approximate surface area is 170 Å². The van der Waals surface area contributed by atoms with Crippen LogP contribution in [0.1, 0.15) is 31.2 Å². The molecule has 0 saturated carbocycles. The van der Waals surface area contributed by atoms with Crippen molar-refractivity contribution in [2.45, 2.75) is 39.7 Å². The van der Waals surface area contributed by atoms with E-state index in [0.717, 1.165) is 46.2 Å². The standard InChI is InChI=1S/C22H26ClN3O2/c1-3-22(27)24-12-11-21-25-19-7-4-5-8-20(19)26(21)13-6-14-28-17-9-10-18(23)16(2)15-17/h4-5,7-10,15H,3,6,11-14H2,1-2H3,(H,24,27). The summed E-state index contributed by atoms with van der Waals surface area (Å²) in [5, 5.41) is 3.67. The van der Waals surface area contributed by atoms with Crippen LogP contribution in [-0.4, -0.2) is 28.6 Å². The number of nitrogens with zero attached hydrogens (tertiary/aromatic N) is 2. The van der Waals surface area contributed by atoms with Gasteiger partial charge in [0.2, 0.25) is 5.91 Å². The first-order valence-corrected chi connectivity index (χ1v) is 10.1. The summed E-state index contributed by atoms with van der Waals surface area (Å²) < 4.78 is 8.10. The number of para-hydroxylation sites is 2. The normalized spacial score (nSPS) is 11.0. The summed E-state index contributed by atoms with van der Waals surface area (Å²) in [6, 6.07) is 13.8. The van der Waals surface area contributed by atoms with Crippen molar-refractivity contribution < 1.29 is 9.53 Å². The molecule has 1 aromatic heterocycles. The van der Waals surface area contributed by atoms with Crippen molar-refractivity contribution in [3.63, 3.8) is 0 Å². The molecule has 0 fully saturated rings. The van der Waals surface area contributed by atoms with Crippen LogP contribution < -0.4 is 10.1 Å². The van der Waals surface area contributed by atoms with Gasteiger partial charge in [0.05, 0.1) is 17.6 Å². The van der Waals surface area contributed by atoms with Crippen molar-refractivity contribution >= 4 is 28.5 Å². The zero-order chi connectivity index (χ0) is 19.9. The fourth-order valence-corrected chi connectivity index (χ4v) is 3.24. The first-order chi connectivity index (χ1) is 13.6. The van der Waals surface area contributed by atoms with E-state index in [1.807, 2.05) is 50.2 Å². The summed E-state index contributed by atoms with van der Waals surface area (Å²) >= 11 is 6.06. The molecule has 5 nitrogen and oxygen atoms in total. The molecule has 28 heavy (non-hydrogen) atoms. The van der Waals surface area contributed by atoms with Gasteiger partial charge >= 0.3 is 0 Å². The lowest BCUT2D eigenvalue weighted by Gasteiger charge is -2.11. The molecule has 6 heteroatoms. The first kappa shape index (κ1) is 20.2. The van der Waals surface area contributed by atoms with Crippen molar-refractivity contribution in [2.24, 2.45) is 0 Å². The van der Waals surface area contributed by atoms with Crippen molar-refractivity contribution in [1.29, 1.82) is 0 Å². The Morgan fingerprint density at radius 3 is 2.86 bits per heavy atom. The molecule has 148 valence electrons. The van der Waals surface area contributed by atoms with Gasteiger partial charge in [-0.2, -0.15) is 0 Å². The Hall–Kier alpha value is -2.53. The van der Waals surface area contributed by atoms with Gasteiger partial charge in [0.25, 0.3) is 0 Å². The van der Waals surface area contributed by atoms with Gasteiger partial charge in [-0.3, -0.25) is 4.79 Å². The SMILES string of the molecule is CCC(=O)NCCc1nc2ccccc2n1CCCOc1ccc(Cl)c(C)c1. The number of halogens is 1. The highest BCUT2D eigenvalue weighted by atomic mass is 35.5. The number of aryl methyl sites for hydroxylation is 2. The molecule has 0 aliphatic carbocycles. The van der Waals surface area contributed by atoms with E-state index in [9.17, 15) is 4.79 Å². The van der Waals surface area contributed by atoms with Crippen LogP contribution in [0.25, 0.3) is 11.0 Å². The molecule has 0 unspecified atom stereocenters. The van der Waals surface area contributed by atoms with Gasteiger partial charge in [-0.25, -0.2) is 4.98 Å². The van der Waals surface area contributed by atoms with Crippen LogP contribution in [0.5, 0.6) is 5.75 Å². The van der Waals surface area contributed by atoms with Crippen molar-refractivity contribution in [1.82, 2.24) is 14.9 Å². The Kier molecular flexibility index (Phi) is 6.93. The Balaban J connectivity index is 1.62. The number of carbonyl (C=O) groups excluding carboxylic acids is 1. The quantitative estimate of drug-likeness (QED) is 0.537. The van der Waals surface area contributed by atoms with Crippen LogP contribution in [0.15, 0.2) is 42.5 Å². The van der Waals surface area contributed by atoms with E-state index in [-0.39, 0.29) is 5.91 Å². The van der Waals surface area contributed by atoms with Crippen molar-refractivity contribution in [3.8, 4) is 5.75 Å². The van der Waals surface area contributed by atoms with Crippen LogP contribution in [-0.2, 0) is 17.8 Å². The van der Waals surface area contributed by atoms with E-state index >= 15 is 0 Å². The average Bonchev–Trinajstić information content (AvgIpc) is 3.05. The third kappa shape index (κ3) is 5.04. The lowest BCUT2D eigenvalue weighted by molar-refractivity contribution is -0.120. The molecule has 0 atom stereocenters. The zero-order valence-corrected chi connectivity index (χ0v) is 17.1. The van der Waals surface area contributed by atoms with E-state index in [1.54, 1.807) is 0 Å². The maximum absolute atomic E-state index is 11.5. The van der Waals surface area contributed by atoms with Gasteiger partial charge in [-0.15, -0.1) is 0 Å². The van der Waals surface area contributed by atoms with Gasteiger partial charge in [0.15, 0.2) is 0 Å². The number of ether oxygens (including phenoxy) is 1. The molecular formula is C22H26ClN3O2. The first-order valence-electron chi connectivity index (χ1n) is 9.68. The number of benzene rings is 2. The number of amides is 1. The molecule has 3 rings (SSSR count). The molecule has 0 aliphatic rings. The molecule has 1 amide bonds. The second kappa shape index (κ2) is 9.60. The van der Waals surface area contributed by atoms with Gasteiger partial charge in [0, 0.05) is 31.0 Å². The van der Waals surface area contributed by atoms with Gasteiger partial charge in [-0.05, 0) is 49.2 Å². The van der Waals surface area contributed by atoms with Crippen molar-refractivity contribution in [3.05, 3.63) is 58.9 Å². The minimum atomic E-state index is 0.0642. The lowest BCUT2D eigenvalue weighted by Crippen LogP contribution is -2.25. The molecule has 2 aromatic carbocycles. The minimum absolute atomic E-state index is 0.0642. The predicted molar refractivity (Wildman–Crippen MR) is 113 cm³/mol. The van der Waals surface area contributed by atoms with E-state index < -0.39 is 0 Å². The highest BCUT2D eigenvalue weighted by Gasteiger charge is 2.10. The molecule has 3 aromatic rings. The number of carbonyl (C=O) groups is 1. The summed E-state index contributed by atoms with van der Waals surface area (Å²) in [6.07, 6.45) is 2.06. The van der Waals surface area contributed by atoms with E-state index in [1.165, 1.54) is 0 Å². The molecule has 1 heterocycles. The van der Waals surface area contributed by atoms with E-state index in [2.05, 4.69) is 16.0 Å². The Morgan fingerprint density at radius 1 is 1.25 bits per heavy atom. The number of hydrogen-bond acceptors (Lipinski definition) is 3. The monoisotopic (exact) mass is 399 g/mol. The molecular weight excluding hydrogens is 374 g/mol. The second-order valence-corrected chi connectivity index (χ2v) is 7.14. The van der Waals surface area contributed by atoms with Crippen molar-refractivity contribution in [2.75, 3.05) is 13.2 Å². The van der Waals surface area contributed by atoms with E-state index in [4.69, 9.17) is 21.3 Å². The molecule has 0 bridgehead atoms. The summed E-state index contributed by atoms with van der Waals surface area (Å²) in [5.41, 5.74) is 3.10. The number of nitrogens with one attached hydrogen (secondary N) is 1. The average molecular weight is 400 g/mol. The molecule has 1 N–H and O–H groups in total. The lowest BCUT2D eigenvalue weighted by atomic mass is 10.2. The topological polar surface area (TPSA) is 56.2 Å². The molecule has 0 spiro atoms. The third-order valence-corrected chi connectivity index (χ3v) is 5.07. The highest BCUT2D eigenvalue weighted by molar-refractivity contribution is 6.31. The molecule has 0 aliphatic heterocycles.